The predicted molar refractivity (Wildman–Crippen MR) is 44.1 cm³/mol. The molecule has 0 fully saturated rings. The van der Waals surface area contributed by atoms with Crippen molar-refractivity contribution >= 4 is 33.7 Å². The Morgan fingerprint density at radius 2 is 2.10 bits per heavy atom. The van der Waals surface area contributed by atoms with Crippen LogP contribution in [0.2, 0.25) is 0 Å². The highest BCUT2D eigenvalue weighted by atomic mass is 35.5. The number of aliphatic imine (C=N–C) groups is 1. The van der Waals surface area contributed by atoms with E-state index in [0.717, 1.165) is 12.8 Å². The summed E-state index contributed by atoms with van der Waals surface area (Å²) in [5.41, 5.74) is 0. The summed E-state index contributed by atoms with van der Waals surface area (Å²) in [5, 5.41) is -0.456. The van der Waals surface area contributed by atoms with E-state index in [2.05, 4.69) is 4.99 Å². The molecule has 58 valence electrons. The minimum atomic E-state index is -0.749. The number of carbonyl (C=O) groups excluding carboxylic acids is 1. The van der Waals surface area contributed by atoms with Crippen molar-refractivity contribution in [3.63, 3.8) is 0 Å². The molecule has 0 atom stereocenters. The van der Waals surface area contributed by atoms with Crippen LogP contribution in [0.15, 0.2) is 4.99 Å². The molecule has 0 heterocycles. The van der Waals surface area contributed by atoms with Crippen LogP contribution in [0, 0.1) is 0 Å². The topological polar surface area (TPSA) is 29.4 Å². The molecule has 0 aliphatic heterocycles. The summed E-state index contributed by atoms with van der Waals surface area (Å²) in [6.07, 6.45) is 2.60. The van der Waals surface area contributed by atoms with E-state index < -0.39 is 5.37 Å². The van der Waals surface area contributed by atoms with E-state index in [1.807, 2.05) is 6.92 Å². The lowest BCUT2D eigenvalue weighted by atomic mass is 10.3. The highest BCUT2D eigenvalue weighted by Crippen LogP contribution is 2.02. The highest BCUT2D eigenvalue weighted by Gasteiger charge is 1.95. The fraction of sp³-hybridized carbons (Fsp3) is 0.667. The van der Waals surface area contributed by atoms with Gasteiger partial charge >= 0.3 is 5.37 Å². The number of unbranched alkanes of at least 4 members (excludes halogenated alkanes) is 1. The Morgan fingerprint density at radius 3 is 2.50 bits per heavy atom. The monoisotopic (exact) mass is 181 g/mol. The van der Waals surface area contributed by atoms with Crippen molar-refractivity contribution in [1.82, 2.24) is 0 Å². The molecule has 0 aromatic carbocycles. The standard InChI is InChI=1S/C6H9Cl2NO/c1-2-3-4-5(7)9-6(8)10/h2-4H2,1H3. The van der Waals surface area contributed by atoms with Gasteiger partial charge in [0.25, 0.3) is 0 Å². The smallest absolute Gasteiger partial charge is 0.253 e. The van der Waals surface area contributed by atoms with E-state index in [9.17, 15) is 4.79 Å². The molecular weight excluding hydrogens is 173 g/mol. The third-order valence-electron chi connectivity index (χ3n) is 0.946. The predicted octanol–water partition coefficient (Wildman–Crippen LogP) is 3.17. The highest BCUT2D eigenvalue weighted by molar-refractivity contribution is 6.70. The van der Waals surface area contributed by atoms with Crippen molar-refractivity contribution in [2.45, 2.75) is 26.2 Å². The van der Waals surface area contributed by atoms with Gasteiger partial charge in [-0.05, 0) is 18.0 Å². The van der Waals surface area contributed by atoms with E-state index in [1.54, 1.807) is 0 Å². The van der Waals surface area contributed by atoms with Gasteiger partial charge in [-0.25, -0.2) is 0 Å². The van der Waals surface area contributed by atoms with Crippen LogP contribution >= 0.6 is 23.2 Å². The summed E-state index contributed by atoms with van der Waals surface area (Å²) in [5.74, 6) is 0. The molecule has 4 heteroatoms. The summed E-state index contributed by atoms with van der Waals surface area (Å²) in [4.78, 5) is 13.4. The van der Waals surface area contributed by atoms with E-state index >= 15 is 0 Å². The van der Waals surface area contributed by atoms with Gasteiger partial charge in [0.2, 0.25) is 0 Å². The summed E-state index contributed by atoms with van der Waals surface area (Å²) in [7, 11) is 0. The van der Waals surface area contributed by atoms with Crippen molar-refractivity contribution < 1.29 is 4.79 Å². The van der Waals surface area contributed by atoms with Crippen molar-refractivity contribution in [3.8, 4) is 0 Å². The van der Waals surface area contributed by atoms with Crippen molar-refractivity contribution in [3.05, 3.63) is 0 Å². The SMILES string of the molecule is CCCCC(Cl)=NC(=O)Cl. The van der Waals surface area contributed by atoms with Gasteiger partial charge in [-0.15, -0.1) is 0 Å². The zero-order valence-corrected chi connectivity index (χ0v) is 7.24. The van der Waals surface area contributed by atoms with Crippen LogP contribution in [0.25, 0.3) is 0 Å². The first-order valence-corrected chi connectivity index (χ1v) is 3.85. The molecule has 0 aliphatic rings. The first kappa shape index (κ1) is 9.92. The molecule has 2 nitrogen and oxygen atoms in total. The second kappa shape index (κ2) is 5.69. The molecule has 0 N–H and O–H groups in total. The van der Waals surface area contributed by atoms with E-state index in [-0.39, 0.29) is 0 Å². The normalized spacial score (nSPS) is 11.7. The van der Waals surface area contributed by atoms with Crippen LogP contribution < -0.4 is 0 Å². The molecule has 0 saturated carbocycles. The maximum Gasteiger partial charge on any atom is 0.340 e. The van der Waals surface area contributed by atoms with Crippen LogP contribution in [0.5, 0.6) is 0 Å². The molecule has 0 unspecified atom stereocenters. The maximum absolute atomic E-state index is 10.1. The lowest BCUT2D eigenvalue weighted by Crippen LogP contribution is -1.89. The first-order valence-electron chi connectivity index (χ1n) is 3.09. The third kappa shape index (κ3) is 6.05. The Kier molecular flexibility index (Phi) is 5.64. The molecule has 0 spiro atoms. The molecule has 10 heavy (non-hydrogen) atoms. The summed E-state index contributed by atoms with van der Waals surface area (Å²) in [6, 6.07) is 0. The number of nitrogens with zero attached hydrogens (tertiary/aromatic N) is 1. The van der Waals surface area contributed by atoms with E-state index in [4.69, 9.17) is 23.2 Å². The van der Waals surface area contributed by atoms with Gasteiger partial charge in [0, 0.05) is 6.42 Å². The second-order valence-corrected chi connectivity index (χ2v) is 2.60. The Morgan fingerprint density at radius 1 is 1.50 bits per heavy atom. The summed E-state index contributed by atoms with van der Waals surface area (Å²) < 4.78 is 0. The minimum absolute atomic E-state index is 0.293. The quantitative estimate of drug-likeness (QED) is 0.374. The molecule has 0 aromatic heterocycles. The van der Waals surface area contributed by atoms with Crippen LogP contribution in [-0.2, 0) is 0 Å². The zero-order chi connectivity index (χ0) is 7.98. The first-order chi connectivity index (χ1) is 4.66. The fourth-order valence-corrected chi connectivity index (χ4v) is 0.830. The number of hydrogen-bond acceptors (Lipinski definition) is 1. The molecule has 0 aliphatic carbocycles. The maximum atomic E-state index is 10.1. The van der Waals surface area contributed by atoms with Crippen LogP contribution in [0.3, 0.4) is 0 Å². The number of carbonyl (C=O) groups is 1. The molecule has 1 amide bonds. The number of hydrogen-bond donors (Lipinski definition) is 0. The van der Waals surface area contributed by atoms with Crippen molar-refractivity contribution in [2.75, 3.05) is 0 Å². The molecule has 0 radical (unpaired) electrons. The van der Waals surface area contributed by atoms with Gasteiger partial charge < -0.3 is 0 Å². The lowest BCUT2D eigenvalue weighted by Gasteiger charge is -1.91. The van der Waals surface area contributed by atoms with Crippen molar-refractivity contribution in [1.29, 1.82) is 0 Å². The van der Waals surface area contributed by atoms with Crippen molar-refractivity contribution in [2.24, 2.45) is 4.99 Å². The molecule has 0 saturated heterocycles. The van der Waals surface area contributed by atoms with E-state index in [1.165, 1.54) is 0 Å². The Hall–Kier alpha value is -0.0800. The zero-order valence-electron chi connectivity index (χ0n) is 5.73. The van der Waals surface area contributed by atoms with Gasteiger partial charge in [-0.2, -0.15) is 4.99 Å². The van der Waals surface area contributed by atoms with E-state index in [0.29, 0.717) is 11.6 Å². The van der Waals surface area contributed by atoms with Gasteiger partial charge in [0.15, 0.2) is 0 Å². The molecule has 0 rings (SSSR count). The van der Waals surface area contributed by atoms with Crippen LogP contribution in [-0.4, -0.2) is 10.5 Å². The van der Waals surface area contributed by atoms with Gasteiger partial charge in [-0.1, -0.05) is 24.9 Å². The number of halogens is 2. The van der Waals surface area contributed by atoms with Crippen LogP contribution in [0.4, 0.5) is 4.79 Å². The molecular formula is C6H9Cl2NO. The van der Waals surface area contributed by atoms with Crippen LogP contribution in [0.1, 0.15) is 26.2 Å². The second-order valence-electron chi connectivity index (χ2n) is 1.84. The summed E-state index contributed by atoms with van der Waals surface area (Å²) in [6.45, 7) is 2.03. The van der Waals surface area contributed by atoms with Gasteiger partial charge in [-0.3, -0.25) is 4.79 Å². The Labute approximate surface area is 70.2 Å². The lowest BCUT2D eigenvalue weighted by molar-refractivity contribution is 0.266. The molecule has 0 aromatic rings. The average Bonchev–Trinajstić information content (AvgIpc) is 1.82. The Bertz CT molecular complexity index is 145. The fourth-order valence-electron chi connectivity index (χ4n) is 0.474. The van der Waals surface area contributed by atoms with Gasteiger partial charge in [0.05, 0.1) is 0 Å². The average molecular weight is 182 g/mol. The third-order valence-corrected chi connectivity index (χ3v) is 1.30. The van der Waals surface area contributed by atoms with Gasteiger partial charge in [0.1, 0.15) is 5.17 Å². The number of rotatable bonds is 3. The molecule has 0 bridgehead atoms. The largest absolute Gasteiger partial charge is 0.340 e. The summed E-state index contributed by atoms with van der Waals surface area (Å²) >= 11 is 10.4. The minimum Gasteiger partial charge on any atom is -0.253 e. The number of amides is 1. The Balaban J connectivity index is 3.60.